The van der Waals surface area contributed by atoms with E-state index in [4.69, 9.17) is 9.47 Å². The van der Waals surface area contributed by atoms with Crippen LogP contribution in [0.3, 0.4) is 0 Å². The van der Waals surface area contributed by atoms with Gasteiger partial charge in [-0.05, 0) is 47.7 Å². The number of carbonyl (C=O) groups excluding carboxylic acids is 1. The normalized spacial score (nSPS) is 13.1. The molecule has 23 heavy (non-hydrogen) atoms. The van der Waals surface area contributed by atoms with Gasteiger partial charge in [0, 0.05) is 5.56 Å². The summed E-state index contributed by atoms with van der Waals surface area (Å²) in [6.45, 7) is 0. The number of fused-ring (bicyclic) bond motifs is 1. The number of allylic oxidation sites excluding steroid dienone is 1. The number of benzene rings is 2. The molecule has 118 valence electrons. The number of rotatable bonds is 3. The third-order valence-corrected chi connectivity index (χ3v) is 4.06. The van der Waals surface area contributed by atoms with E-state index >= 15 is 0 Å². The molecule has 2 aromatic carbocycles. The van der Waals surface area contributed by atoms with Crippen molar-refractivity contribution in [3.8, 4) is 5.75 Å². The molecule has 0 radical (unpaired) electrons. The van der Waals surface area contributed by atoms with Crippen LogP contribution in [0.5, 0.6) is 5.75 Å². The van der Waals surface area contributed by atoms with Crippen LogP contribution in [-0.4, -0.2) is 20.2 Å². The van der Waals surface area contributed by atoms with Crippen molar-refractivity contribution < 1.29 is 18.7 Å². The summed E-state index contributed by atoms with van der Waals surface area (Å²) in [5, 5.41) is 0. The van der Waals surface area contributed by atoms with Crippen molar-refractivity contribution in [2.75, 3.05) is 14.2 Å². The van der Waals surface area contributed by atoms with E-state index in [1.165, 1.54) is 14.2 Å². The van der Waals surface area contributed by atoms with Crippen molar-refractivity contribution in [3.05, 3.63) is 70.5 Å². The topological polar surface area (TPSA) is 35.5 Å². The van der Waals surface area contributed by atoms with E-state index in [0.29, 0.717) is 11.1 Å². The van der Waals surface area contributed by atoms with Crippen molar-refractivity contribution >= 4 is 11.5 Å². The van der Waals surface area contributed by atoms with Gasteiger partial charge < -0.3 is 9.47 Å². The Morgan fingerprint density at radius 3 is 2.70 bits per heavy atom. The Balaban J connectivity index is 2.13. The Morgan fingerprint density at radius 2 is 1.96 bits per heavy atom. The third kappa shape index (κ3) is 2.72. The van der Waals surface area contributed by atoms with Crippen LogP contribution in [0.15, 0.2) is 42.5 Å². The second-order valence-electron chi connectivity index (χ2n) is 5.34. The lowest BCUT2D eigenvalue weighted by molar-refractivity contribution is 0.0600. The fraction of sp³-hybridized carbons (Fsp3) is 0.211. The summed E-state index contributed by atoms with van der Waals surface area (Å²) in [5.41, 5.74) is 3.69. The maximum Gasteiger partial charge on any atom is 0.337 e. The molecular weight excluding hydrogens is 295 g/mol. The van der Waals surface area contributed by atoms with Crippen LogP contribution in [-0.2, 0) is 11.2 Å². The molecule has 0 aliphatic heterocycles. The van der Waals surface area contributed by atoms with Gasteiger partial charge in [-0.2, -0.15) is 0 Å². The number of esters is 1. The van der Waals surface area contributed by atoms with E-state index < -0.39 is 11.8 Å². The first-order chi connectivity index (χ1) is 11.2. The van der Waals surface area contributed by atoms with Gasteiger partial charge in [0.1, 0.15) is 0 Å². The molecule has 0 amide bonds. The molecule has 0 N–H and O–H groups in total. The molecule has 0 atom stereocenters. The quantitative estimate of drug-likeness (QED) is 0.804. The molecule has 0 saturated carbocycles. The van der Waals surface area contributed by atoms with Gasteiger partial charge in [0.2, 0.25) is 0 Å². The minimum atomic E-state index is -0.399. The molecule has 1 aliphatic carbocycles. The highest BCUT2D eigenvalue weighted by atomic mass is 19.1. The SMILES string of the molecule is COC(=O)c1ccc2c(c1)C(c1cccc(OC)c1F)=CCC2. The number of methoxy groups -OCH3 is 2. The molecule has 0 saturated heterocycles. The lowest BCUT2D eigenvalue weighted by atomic mass is 9.85. The van der Waals surface area contributed by atoms with Gasteiger partial charge in [0.25, 0.3) is 0 Å². The summed E-state index contributed by atoms with van der Waals surface area (Å²) >= 11 is 0. The van der Waals surface area contributed by atoms with Crippen molar-refractivity contribution in [1.29, 1.82) is 0 Å². The largest absolute Gasteiger partial charge is 0.494 e. The molecule has 0 bridgehead atoms. The standard InChI is InChI=1S/C19H17FO3/c1-22-17-8-4-7-15(18(17)20)14-6-3-5-12-9-10-13(11-16(12)14)19(21)23-2/h4,6-11H,3,5H2,1-2H3. The average Bonchev–Trinajstić information content (AvgIpc) is 2.60. The van der Waals surface area contributed by atoms with Crippen LogP contribution in [0, 0.1) is 5.82 Å². The fourth-order valence-electron chi connectivity index (χ4n) is 2.90. The van der Waals surface area contributed by atoms with E-state index in [1.807, 2.05) is 12.1 Å². The van der Waals surface area contributed by atoms with Gasteiger partial charge in [0.15, 0.2) is 11.6 Å². The number of hydrogen-bond donors (Lipinski definition) is 0. The molecule has 0 unspecified atom stereocenters. The number of halogens is 1. The minimum Gasteiger partial charge on any atom is -0.494 e. The van der Waals surface area contributed by atoms with Gasteiger partial charge in [-0.1, -0.05) is 24.3 Å². The number of carbonyl (C=O) groups is 1. The van der Waals surface area contributed by atoms with Crippen LogP contribution >= 0.6 is 0 Å². The first-order valence-corrected chi connectivity index (χ1v) is 7.40. The van der Waals surface area contributed by atoms with E-state index in [-0.39, 0.29) is 5.75 Å². The smallest absolute Gasteiger partial charge is 0.337 e. The molecule has 0 fully saturated rings. The Kier molecular flexibility index (Phi) is 4.15. The van der Waals surface area contributed by atoms with E-state index in [1.54, 1.807) is 30.3 Å². The highest BCUT2D eigenvalue weighted by Gasteiger charge is 2.20. The molecule has 4 heteroatoms. The molecular formula is C19H17FO3. The van der Waals surface area contributed by atoms with E-state index in [9.17, 15) is 9.18 Å². The van der Waals surface area contributed by atoms with Gasteiger partial charge in [-0.15, -0.1) is 0 Å². The van der Waals surface area contributed by atoms with Crippen LogP contribution < -0.4 is 4.74 Å². The molecule has 3 nitrogen and oxygen atoms in total. The second kappa shape index (κ2) is 6.24. The molecule has 3 rings (SSSR count). The molecule has 0 heterocycles. The highest BCUT2D eigenvalue weighted by molar-refractivity contribution is 5.92. The monoisotopic (exact) mass is 312 g/mol. The van der Waals surface area contributed by atoms with Crippen molar-refractivity contribution in [2.45, 2.75) is 12.8 Å². The summed E-state index contributed by atoms with van der Waals surface area (Å²) in [7, 11) is 2.79. The van der Waals surface area contributed by atoms with Crippen LogP contribution in [0.1, 0.15) is 33.5 Å². The van der Waals surface area contributed by atoms with Crippen molar-refractivity contribution in [1.82, 2.24) is 0 Å². The molecule has 2 aromatic rings. The first kappa shape index (κ1) is 15.3. The Morgan fingerprint density at radius 1 is 1.13 bits per heavy atom. The van der Waals surface area contributed by atoms with Gasteiger partial charge in [-0.3, -0.25) is 0 Å². The number of ether oxygens (including phenoxy) is 2. The Hall–Kier alpha value is -2.62. The van der Waals surface area contributed by atoms with Crippen LogP contribution in [0.25, 0.3) is 5.57 Å². The summed E-state index contributed by atoms with van der Waals surface area (Å²) < 4.78 is 24.5. The minimum absolute atomic E-state index is 0.208. The molecule has 1 aliphatic rings. The maximum absolute atomic E-state index is 14.6. The molecule has 0 spiro atoms. The van der Waals surface area contributed by atoms with Crippen LogP contribution in [0.2, 0.25) is 0 Å². The van der Waals surface area contributed by atoms with Gasteiger partial charge in [-0.25, -0.2) is 9.18 Å². The molecule has 0 aromatic heterocycles. The predicted octanol–water partition coefficient (Wildman–Crippen LogP) is 4.00. The number of aryl methyl sites for hydroxylation is 1. The summed E-state index contributed by atoms with van der Waals surface area (Å²) in [6, 6.07) is 10.5. The Bertz CT molecular complexity index is 793. The van der Waals surface area contributed by atoms with Crippen molar-refractivity contribution in [2.24, 2.45) is 0 Å². The zero-order valence-corrected chi connectivity index (χ0v) is 13.1. The zero-order valence-electron chi connectivity index (χ0n) is 13.1. The van der Waals surface area contributed by atoms with E-state index in [0.717, 1.165) is 29.5 Å². The van der Waals surface area contributed by atoms with E-state index in [2.05, 4.69) is 0 Å². The highest BCUT2D eigenvalue weighted by Crippen LogP contribution is 2.35. The zero-order chi connectivity index (χ0) is 16.4. The van der Waals surface area contributed by atoms with Crippen molar-refractivity contribution in [3.63, 3.8) is 0 Å². The predicted molar refractivity (Wildman–Crippen MR) is 86.1 cm³/mol. The van der Waals surface area contributed by atoms with Gasteiger partial charge >= 0.3 is 5.97 Å². The lowest BCUT2D eigenvalue weighted by Crippen LogP contribution is -2.07. The van der Waals surface area contributed by atoms with Gasteiger partial charge in [0.05, 0.1) is 19.8 Å². The maximum atomic E-state index is 14.6. The Labute approximate surface area is 134 Å². The lowest BCUT2D eigenvalue weighted by Gasteiger charge is -2.20. The second-order valence-corrected chi connectivity index (χ2v) is 5.34. The summed E-state index contributed by atoms with van der Waals surface area (Å²) in [5.74, 6) is -0.582. The first-order valence-electron chi connectivity index (χ1n) is 7.40. The third-order valence-electron chi connectivity index (χ3n) is 4.06. The fourth-order valence-corrected chi connectivity index (χ4v) is 2.90. The number of hydrogen-bond acceptors (Lipinski definition) is 3. The average molecular weight is 312 g/mol. The summed E-state index contributed by atoms with van der Waals surface area (Å²) in [4.78, 5) is 11.8. The summed E-state index contributed by atoms with van der Waals surface area (Å²) in [6.07, 6.45) is 3.70. The van der Waals surface area contributed by atoms with Crippen LogP contribution in [0.4, 0.5) is 4.39 Å².